The third kappa shape index (κ3) is 5.59. The molecule has 102 valence electrons. The fraction of sp³-hybridized carbons (Fsp3) is 0.500. The van der Waals surface area contributed by atoms with Gasteiger partial charge in [-0.25, -0.2) is 13.6 Å². The highest BCUT2D eigenvalue weighted by Crippen LogP contribution is 2.14. The van der Waals surface area contributed by atoms with Crippen LogP contribution in [0.2, 0.25) is 0 Å². The van der Waals surface area contributed by atoms with Crippen molar-refractivity contribution in [2.24, 2.45) is 5.14 Å². The maximum atomic E-state index is 10.9. The summed E-state index contributed by atoms with van der Waals surface area (Å²) >= 11 is 0. The van der Waals surface area contributed by atoms with E-state index in [0.717, 1.165) is 18.5 Å². The fourth-order valence-corrected chi connectivity index (χ4v) is 2.26. The Bertz CT molecular complexity index is 457. The minimum Gasteiger partial charge on any atom is -0.387 e. The summed E-state index contributed by atoms with van der Waals surface area (Å²) in [5.74, 6) is -0.183. The van der Waals surface area contributed by atoms with Gasteiger partial charge < -0.3 is 10.4 Å². The Morgan fingerprint density at radius 2 is 1.94 bits per heavy atom. The lowest BCUT2D eigenvalue weighted by molar-refractivity contribution is 0.175. The monoisotopic (exact) mass is 272 g/mol. The minimum absolute atomic E-state index is 0.183. The van der Waals surface area contributed by atoms with E-state index in [2.05, 4.69) is 12.2 Å². The second-order valence-corrected chi connectivity index (χ2v) is 5.88. The number of rotatable bonds is 7. The molecular weight excluding hydrogens is 252 g/mol. The van der Waals surface area contributed by atoms with Gasteiger partial charge in [0.2, 0.25) is 10.0 Å². The van der Waals surface area contributed by atoms with Gasteiger partial charge in [0.1, 0.15) is 0 Å². The molecule has 0 saturated heterocycles. The van der Waals surface area contributed by atoms with Crippen molar-refractivity contribution >= 4 is 10.0 Å². The van der Waals surface area contributed by atoms with Crippen LogP contribution >= 0.6 is 0 Å². The molecule has 0 radical (unpaired) electrons. The van der Waals surface area contributed by atoms with E-state index in [9.17, 15) is 13.5 Å². The van der Waals surface area contributed by atoms with Gasteiger partial charge in [-0.2, -0.15) is 0 Å². The molecule has 0 heterocycles. The zero-order chi connectivity index (χ0) is 13.6. The van der Waals surface area contributed by atoms with Crippen LogP contribution in [0.4, 0.5) is 0 Å². The first-order chi connectivity index (χ1) is 8.42. The van der Waals surface area contributed by atoms with Gasteiger partial charge in [-0.15, -0.1) is 0 Å². The summed E-state index contributed by atoms with van der Waals surface area (Å²) in [7, 11) is -3.50. The molecule has 0 aromatic heterocycles. The second-order valence-electron chi connectivity index (χ2n) is 4.27. The van der Waals surface area contributed by atoms with Crippen molar-refractivity contribution in [3.8, 4) is 0 Å². The van der Waals surface area contributed by atoms with E-state index in [4.69, 9.17) is 5.14 Å². The molecule has 1 rings (SSSR count). The van der Waals surface area contributed by atoms with Crippen LogP contribution < -0.4 is 10.5 Å². The zero-order valence-electron chi connectivity index (χ0n) is 10.5. The number of nitrogens with one attached hydrogen (secondary N) is 1. The first-order valence-electron chi connectivity index (χ1n) is 5.90. The third-order valence-corrected chi connectivity index (χ3v) is 3.23. The number of benzene rings is 1. The molecule has 0 aliphatic carbocycles. The van der Waals surface area contributed by atoms with Crippen molar-refractivity contribution in [3.05, 3.63) is 35.4 Å². The van der Waals surface area contributed by atoms with E-state index in [1.165, 1.54) is 0 Å². The Morgan fingerprint density at radius 3 is 2.44 bits per heavy atom. The van der Waals surface area contributed by atoms with Crippen molar-refractivity contribution in [1.82, 2.24) is 5.32 Å². The van der Waals surface area contributed by atoms with Crippen molar-refractivity contribution < 1.29 is 13.5 Å². The summed E-state index contributed by atoms with van der Waals surface area (Å²) < 4.78 is 21.8. The minimum atomic E-state index is -3.50. The van der Waals surface area contributed by atoms with Gasteiger partial charge in [0.05, 0.1) is 11.9 Å². The average Bonchev–Trinajstić information content (AvgIpc) is 2.28. The zero-order valence-corrected chi connectivity index (χ0v) is 11.3. The van der Waals surface area contributed by atoms with E-state index in [1.807, 2.05) is 0 Å². The van der Waals surface area contributed by atoms with Gasteiger partial charge in [0.25, 0.3) is 0 Å². The van der Waals surface area contributed by atoms with Gasteiger partial charge in [-0.3, -0.25) is 0 Å². The molecule has 5 nitrogen and oxygen atoms in total. The summed E-state index contributed by atoms with van der Waals surface area (Å²) in [6.45, 7) is 3.41. The molecule has 0 aliphatic rings. The Morgan fingerprint density at radius 1 is 1.33 bits per heavy atom. The van der Waals surface area contributed by atoms with Crippen LogP contribution in [-0.2, 0) is 15.8 Å². The summed E-state index contributed by atoms with van der Waals surface area (Å²) in [5, 5.41) is 17.9. The van der Waals surface area contributed by atoms with Crippen LogP contribution in [-0.4, -0.2) is 26.6 Å². The molecule has 0 spiro atoms. The maximum Gasteiger partial charge on any atom is 0.213 e. The summed E-state index contributed by atoms with van der Waals surface area (Å²) in [6.07, 6.45) is 0.431. The Labute approximate surface area is 108 Å². The first-order valence-corrected chi connectivity index (χ1v) is 7.62. The number of hydrogen-bond acceptors (Lipinski definition) is 4. The summed E-state index contributed by atoms with van der Waals surface area (Å²) in [5.41, 5.74) is 1.38. The van der Waals surface area contributed by atoms with Crippen molar-refractivity contribution in [2.75, 3.05) is 13.1 Å². The molecular formula is C12H20N2O3S. The molecule has 4 N–H and O–H groups in total. The number of nitrogens with two attached hydrogens (primary N) is 1. The van der Waals surface area contributed by atoms with Gasteiger partial charge >= 0.3 is 0 Å². The van der Waals surface area contributed by atoms with Crippen LogP contribution in [0.15, 0.2) is 24.3 Å². The molecule has 18 heavy (non-hydrogen) atoms. The van der Waals surface area contributed by atoms with Crippen LogP contribution in [0.3, 0.4) is 0 Å². The number of hydrogen-bond donors (Lipinski definition) is 3. The normalized spacial score (nSPS) is 13.5. The fourth-order valence-electron chi connectivity index (χ4n) is 1.60. The topological polar surface area (TPSA) is 92.4 Å². The lowest BCUT2D eigenvalue weighted by Gasteiger charge is -2.12. The van der Waals surface area contributed by atoms with Crippen LogP contribution in [0, 0.1) is 0 Å². The number of primary sulfonamides is 1. The van der Waals surface area contributed by atoms with E-state index in [1.54, 1.807) is 24.3 Å². The van der Waals surface area contributed by atoms with E-state index < -0.39 is 16.1 Å². The highest BCUT2D eigenvalue weighted by atomic mass is 32.2. The maximum absolute atomic E-state index is 10.9. The molecule has 6 heteroatoms. The smallest absolute Gasteiger partial charge is 0.213 e. The average molecular weight is 272 g/mol. The van der Waals surface area contributed by atoms with Gasteiger partial charge in [-0.05, 0) is 24.1 Å². The van der Waals surface area contributed by atoms with Crippen LogP contribution in [0.25, 0.3) is 0 Å². The van der Waals surface area contributed by atoms with E-state index in [0.29, 0.717) is 12.1 Å². The first kappa shape index (κ1) is 15.1. The number of aliphatic hydroxyl groups excluding tert-OH is 1. The standard InChI is InChI=1S/C12H20N2O3S/c1-2-7-14-8-12(15)11-5-3-10(4-6-11)9-18(13,16)17/h3-6,12,14-15H,2,7-9H2,1H3,(H2,13,16,17). The predicted octanol–water partition coefficient (Wildman–Crippen LogP) is 0.508. The van der Waals surface area contributed by atoms with Crippen molar-refractivity contribution in [3.63, 3.8) is 0 Å². The largest absolute Gasteiger partial charge is 0.387 e. The van der Waals surface area contributed by atoms with E-state index in [-0.39, 0.29) is 5.75 Å². The number of sulfonamides is 1. The van der Waals surface area contributed by atoms with Gasteiger partial charge in [0.15, 0.2) is 0 Å². The van der Waals surface area contributed by atoms with E-state index >= 15 is 0 Å². The Balaban J connectivity index is 2.59. The Hall–Kier alpha value is -0.950. The van der Waals surface area contributed by atoms with Gasteiger partial charge in [0, 0.05) is 6.54 Å². The summed E-state index contributed by atoms with van der Waals surface area (Å²) in [4.78, 5) is 0. The SMILES string of the molecule is CCCNCC(O)c1ccc(CS(N)(=O)=O)cc1. The molecule has 1 aromatic rings. The lowest BCUT2D eigenvalue weighted by atomic mass is 10.1. The molecule has 1 atom stereocenters. The molecule has 1 unspecified atom stereocenters. The molecule has 1 aromatic carbocycles. The van der Waals surface area contributed by atoms with Crippen LogP contribution in [0.5, 0.6) is 0 Å². The molecule has 0 bridgehead atoms. The Kier molecular flexibility index (Phi) is 5.74. The quantitative estimate of drug-likeness (QED) is 0.630. The predicted molar refractivity (Wildman–Crippen MR) is 71.4 cm³/mol. The second kappa shape index (κ2) is 6.84. The number of aliphatic hydroxyl groups is 1. The third-order valence-electron chi connectivity index (χ3n) is 2.50. The molecule has 0 fully saturated rings. The van der Waals surface area contributed by atoms with Crippen molar-refractivity contribution in [2.45, 2.75) is 25.2 Å². The highest BCUT2D eigenvalue weighted by Gasteiger charge is 2.08. The summed E-state index contributed by atoms with van der Waals surface area (Å²) in [6, 6.07) is 6.78. The van der Waals surface area contributed by atoms with Gasteiger partial charge in [-0.1, -0.05) is 31.2 Å². The van der Waals surface area contributed by atoms with Crippen LogP contribution in [0.1, 0.15) is 30.6 Å². The molecule has 0 aliphatic heterocycles. The molecule has 0 amide bonds. The van der Waals surface area contributed by atoms with Crippen molar-refractivity contribution in [1.29, 1.82) is 0 Å². The molecule has 0 saturated carbocycles. The lowest BCUT2D eigenvalue weighted by Crippen LogP contribution is -2.22. The highest BCUT2D eigenvalue weighted by molar-refractivity contribution is 7.88.